The largest absolute Gasteiger partial charge is 0.508 e. The van der Waals surface area contributed by atoms with Gasteiger partial charge in [-0.25, -0.2) is 0 Å². The van der Waals surface area contributed by atoms with Crippen molar-refractivity contribution >= 4 is 22.6 Å². The number of phenols is 1. The summed E-state index contributed by atoms with van der Waals surface area (Å²) in [5, 5.41) is 16.9. The van der Waals surface area contributed by atoms with Crippen LogP contribution in [0.2, 0.25) is 0 Å². The van der Waals surface area contributed by atoms with Gasteiger partial charge in [0.25, 0.3) is 0 Å². The number of carbonyl (C=O) groups is 1. The number of fused-ring (bicyclic) bond motifs is 1. The average molecular weight is 296 g/mol. The second-order valence-corrected chi connectivity index (χ2v) is 5.36. The third-order valence-corrected chi connectivity index (χ3v) is 3.47. The van der Waals surface area contributed by atoms with Gasteiger partial charge in [-0.15, -0.1) is 0 Å². The summed E-state index contributed by atoms with van der Waals surface area (Å²) in [4.78, 5) is 12.1. The lowest BCUT2D eigenvalue weighted by atomic mass is 10.0. The van der Waals surface area contributed by atoms with Crippen LogP contribution in [0.15, 0.2) is 40.9 Å². The summed E-state index contributed by atoms with van der Waals surface area (Å²) in [5.74, 6) is -0.0210. The zero-order valence-electron chi connectivity index (χ0n) is 12.4. The summed E-state index contributed by atoms with van der Waals surface area (Å²) in [6, 6.07) is 10.3. The third-order valence-electron chi connectivity index (χ3n) is 3.47. The van der Waals surface area contributed by atoms with Gasteiger partial charge in [0.05, 0.1) is 6.42 Å². The van der Waals surface area contributed by atoms with Crippen molar-refractivity contribution in [3.8, 4) is 5.75 Å². The van der Waals surface area contributed by atoms with Crippen LogP contribution in [0.3, 0.4) is 0 Å². The molecule has 2 aromatic carbocycles. The van der Waals surface area contributed by atoms with Crippen molar-refractivity contribution in [2.24, 2.45) is 0 Å². The fourth-order valence-electron chi connectivity index (χ4n) is 2.54. The molecular formula is C17H16N2O3. The van der Waals surface area contributed by atoms with Gasteiger partial charge in [0, 0.05) is 11.1 Å². The van der Waals surface area contributed by atoms with Gasteiger partial charge in [0.1, 0.15) is 11.4 Å². The molecule has 1 amide bonds. The molecule has 0 spiro atoms. The molecule has 0 fully saturated rings. The number of hydrogen-bond acceptors (Lipinski definition) is 4. The van der Waals surface area contributed by atoms with Crippen molar-refractivity contribution in [1.82, 2.24) is 5.16 Å². The van der Waals surface area contributed by atoms with E-state index in [-0.39, 0.29) is 18.1 Å². The van der Waals surface area contributed by atoms with E-state index in [1.807, 2.05) is 26.0 Å². The molecule has 0 saturated carbocycles. The molecule has 0 bridgehead atoms. The summed E-state index contributed by atoms with van der Waals surface area (Å²) in [7, 11) is 0. The summed E-state index contributed by atoms with van der Waals surface area (Å²) in [6.45, 7) is 3.97. The Bertz CT molecular complexity index is 835. The van der Waals surface area contributed by atoms with Gasteiger partial charge >= 0.3 is 0 Å². The van der Waals surface area contributed by atoms with E-state index in [0.29, 0.717) is 17.0 Å². The van der Waals surface area contributed by atoms with Crippen LogP contribution in [0, 0.1) is 13.8 Å². The Kier molecular flexibility index (Phi) is 3.55. The SMILES string of the molecule is Cc1cc(C)c2c(CC(=O)Nc3ccc(O)cc3)noc2c1. The molecule has 0 aliphatic carbocycles. The van der Waals surface area contributed by atoms with Gasteiger partial charge in [0.15, 0.2) is 5.58 Å². The molecule has 5 heteroatoms. The van der Waals surface area contributed by atoms with Crippen LogP contribution in [-0.2, 0) is 11.2 Å². The van der Waals surface area contributed by atoms with E-state index < -0.39 is 0 Å². The van der Waals surface area contributed by atoms with E-state index in [1.165, 1.54) is 12.1 Å². The van der Waals surface area contributed by atoms with Crippen molar-refractivity contribution in [2.45, 2.75) is 20.3 Å². The number of amides is 1. The van der Waals surface area contributed by atoms with Crippen LogP contribution in [-0.4, -0.2) is 16.2 Å². The Hall–Kier alpha value is -2.82. The molecule has 0 aliphatic rings. The Morgan fingerprint density at radius 1 is 1.23 bits per heavy atom. The van der Waals surface area contributed by atoms with Crippen LogP contribution in [0.4, 0.5) is 5.69 Å². The normalized spacial score (nSPS) is 10.8. The van der Waals surface area contributed by atoms with Gasteiger partial charge in [-0.1, -0.05) is 11.2 Å². The molecule has 0 saturated heterocycles. The highest BCUT2D eigenvalue weighted by molar-refractivity contribution is 5.95. The van der Waals surface area contributed by atoms with Crippen LogP contribution in [0.1, 0.15) is 16.8 Å². The number of nitrogens with one attached hydrogen (secondary N) is 1. The van der Waals surface area contributed by atoms with Gasteiger partial charge in [-0.2, -0.15) is 0 Å². The second kappa shape index (κ2) is 5.52. The number of anilines is 1. The summed E-state index contributed by atoms with van der Waals surface area (Å²) in [6.07, 6.45) is 0.137. The number of hydrogen-bond donors (Lipinski definition) is 2. The van der Waals surface area contributed by atoms with Crippen LogP contribution in [0.25, 0.3) is 11.0 Å². The van der Waals surface area contributed by atoms with Crippen molar-refractivity contribution in [2.75, 3.05) is 5.32 Å². The van der Waals surface area contributed by atoms with Gasteiger partial charge in [-0.05, 0) is 55.3 Å². The molecule has 3 rings (SSSR count). The minimum absolute atomic E-state index is 0.137. The fourth-order valence-corrected chi connectivity index (χ4v) is 2.54. The smallest absolute Gasteiger partial charge is 0.230 e. The molecule has 0 unspecified atom stereocenters. The minimum atomic E-state index is -0.180. The topological polar surface area (TPSA) is 75.4 Å². The summed E-state index contributed by atoms with van der Waals surface area (Å²) in [5.41, 5.74) is 4.10. The Morgan fingerprint density at radius 2 is 1.95 bits per heavy atom. The number of nitrogens with zero attached hydrogens (tertiary/aromatic N) is 1. The van der Waals surface area contributed by atoms with E-state index in [1.54, 1.807) is 12.1 Å². The summed E-state index contributed by atoms with van der Waals surface area (Å²) < 4.78 is 5.31. The van der Waals surface area contributed by atoms with Crippen molar-refractivity contribution in [3.05, 3.63) is 53.2 Å². The molecule has 1 heterocycles. The van der Waals surface area contributed by atoms with Gasteiger partial charge in [0.2, 0.25) is 5.91 Å². The highest BCUT2D eigenvalue weighted by atomic mass is 16.5. The second-order valence-electron chi connectivity index (χ2n) is 5.36. The van der Waals surface area contributed by atoms with Crippen LogP contribution < -0.4 is 5.32 Å². The van der Waals surface area contributed by atoms with E-state index in [4.69, 9.17) is 4.52 Å². The molecule has 0 atom stereocenters. The van der Waals surface area contributed by atoms with E-state index >= 15 is 0 Å². The molecule has 1 aromatic heterocycles. The number of benzene rings is 2. The molecule has 2 N–H and O–H groups in total. The van der Waals surface area contributed by atoms with E-state index in [9.17, 15) is 9.90 Å². The molecule has 0 radical (unpaired) electrons. The average Bonchev–Trinajstić information content (AvgIpc) is 2.84. The first kappa shape index (κ1) is 14.1. The van der Waals surface area contributed by atoms with Gasteiger partial charge in [-0.3, -0.25) is 4.79 Å². The highest BCUT2D eigenvalue weighted by Gasteiger charge is 2.15. The fraction of sp³-hybridized carbons (Fsp3) is 0.176. The first-order valence-electron chi connectivity index (χ1n) is 6.97. The predicted octanol–water partition coefficient (Wildman–Crippen LogP) is 3.33. The molecule has 112 valence electrons. The highest BCUT2D eigenvalue weighted by Crippen LogP contribution is 2.24. The first-order chi connectivity index (χ1) is 10.5. The lowest BCUT2D eigenvalue weighted by Gasteiger charge is -2.04. The third kappa shape index (κ3) is 2.79. The maximum absolute atomic E-state index is 12.1. The number of phenolic OH excluding ortho intramolecular Hbond substituents is 1. The zero-order chi connectivity index (χ0) is 15.7. The number of carbonyl (C=O) groups excluding carboxylic acids is 1. The minimum Gasteiger partial charge on any atom is -0.508 e. The molecule has 5 nitrogen and oxygen atoms in total. The van der Waals surface area contributed by atoms with Crippen molar-refractivity contribution < 1.29 is 14.4 Å². The predicted molar refractivity (Wildman–Crippen MR) is 83.9 cm³/mol. The van der Waals surface area contributed by atoms with Gasteiger partial charge < -0.3 is 14.9 Å². The molecular weight excluding hydrogens is 280 g/mol. The quantitative estimate of drug-likeness (QED) is 0.727. The number of aromatic hydroxyl groups is 1. The maximum Gasteiger partial charge on any atom is 0.230 e. The van der Waals surface area contributed by atoms with E-state index in [2.05, 4.69) is 10.5 Å². The Balaban J connectivity index is 1.81. The molecule has 22 heavy (non-hydrogen) atoms. The van der Waals surface area contributed by atoms with Crippen molar-refractivity contribution in [3.63, 3.8) is 0 Å². The molecule has 3 aromatic rings. The van der Waals surface area contributed by atoms with Crippen LogP contribution >= 0.6 is 0 Å². The lowest BCUT2D eigenvalue weighted by molar-refractivity contribution is -0.115. The Morgan fingerprint density at radius 3 is 2.68 bits per heavy atom. The van der Waals surface area contributed by atoms with Crippen LogP contribution in [0.5, 0.6) is 5.75 Å². The number of rotatable bonds is 3. The molecule has 0 aliphatic heterocycles. The standard InChI is InChI=1S/C17H16N2O3/c1-10-7-11(2)17-14(19-22-15(17)8-10)9-16(21)18-12-3-5-13(20)6-4-12/h3-8,20H,9H2,1-2H3,(H,18,21). The zero-order valence-corrected chi connectivity index (χ0v) is 12.4. The lowest BCUT2D eigenvalue weighted by Crippen LogP contribution is -2.14. The van der Waals surface area contributed by atoms with Crippen molar-refractivity contribution in [1.29, 1.82) is 0 Å². The first-order valence-corrected chi connectivity index (χ1v) is 6.97. The monoisotopic (exact) mass is 296 g/mol. The maximum atomic E-state index is 12.1. The number of aryl methyl sites for hydroxylation is 2. The number of aromatic nitrogens is 1. The Labute approximate surface area is 127 Å². The van der Waals surface area contributed by atoms with E-state index in [0.717, 1.165) is 16.5 Å². The summed E-state index contributed by atoms with van der Waals surface area (Å²) >= 11 is 0.